The number of aliphatic imine (C=N–C) groups is 1. The summed E-state index contributed by atoms with van der Waals surface area (Å²) in [5, 5.41) is 10.7. The normalized spacial score (nSPS) is 15.4. The number of rotatable bonds is 8. The van der Waals surface area contributed by atoms with Crippen LogP contribution in [-0.2, 0) is 17.6 Å². The van der Waals surface area contributed by atoms with Gasteiger partial charge in [0.1, 0.15) is 11.4 Å². The number of unbranched alkanes of at least 4 members (excludes halogenated alkanes) is 2. The Balaban J connectivity index is 2.09. The van der Waals surface area contributed by atoms with Crippen molar-refractivity contribution in [3.63, 3.8) is 0 Å². The summed E-state index contributed by atoms with van der Waals surface area (Å²) in [6, 6.07) is 11.2. The molecule has 178 valence electrons. The maximum atomic E-state index is 13.2. The van der Waals surface area contributed by atoms with E-state index in [2.05, 4.69) is 18.8 Å². The van der Waals surface area contributed by atoms with Crippen LogP contribution in [0.5, 0.6) is 5.75 Å². The molecule has 0 bridgehead atoms. The van der Waals surface area contributed by atoms with Crippen LogP contribution < -0.4 is 5.73 Å². The van der Waals surface area contributed by atoms with Crippen LogP contribution in [0.15, 0.2) is 47.5 Å². The van der Waals surface area contributed by atoms with Gasteiger partial charge in [0.25, 0.3) is 11.7 Å². The molecule has 1 aliphatic heterocycles. The molecule has 0 atom stereocenters. The number of para-hydroxylation sites is 1. The first kappa shape index (κ1) is 24.8. The number of nitrogens with two attached hydrogens (primary N) is 1. The summed E-state index contributed by atoms with van der Waals surface area (Å²) in [5.74, 6) is -1.40. The molecule has 0 aliphatic carbocycles. The van der Waals surface area contributed by atoms with Crippen molar-refractivity contribution >= 4 is 35.1 Å². The smallest absolute Gasteiger partial charge is 0.451 e. The fourth-order valence-corrected chi connectivity index (χ4v) is 3.81. The zero-order chi connectivity index (χ0) is 24.8. The van der Waals surface area contributed by atoms with Crippen molar-refractivity contribution < 1.29 is 24.1 Å². The highest BCUT2D eigenvalue weighted by atomic mass is 16.3. The van der Waals surface area contributed by atoms with Crippen molar-refractivity contribution in [1.82, 2.24) is 4.90 Å². The lowest BCUT2D eigenvalue weighted by Gasteiger charge is -2.20. The van der Waals surface area contributed by atoms with Gasteiger partial charge >= 0.3 is 11.9 Å². The number of amides is 4. The van der Waals surface area contributed by atoms with E-state index in [-0.39, 0.29) is 22.9 Å². The number of aromatic hydroxyl groups is 1. The van der Waals surface area contributed by atoms with Crippen LogP contribution in [0.4, 0.5) is 10.5 Å². The van der Waals surface area contributed by atoms with Gasteiger partial charge in [-0.1, -0.05) is 44.9 Å². The number of hydrogen-bond donors (Lipinski definition) is 2. The molecule has 0 unspecified atom stereocenters. The van der Waals surface area contributed by atoms with Crippen LogP contribution >= 0.6 is 0 Å². The number of aryl methyl sites for hydroxylation is 2. The van der Waals surface area contributed by atoms with Gasteiger partial charge in [0.05, 0.1) is 7.05 Å². The standard InChI is InChI=1S/C26H30N4O4/c1-4-6-11-17-15-19(16-18(22(17)31)12-7-5-2)24(32)28-21-23(27)30(20-13-9-8-10-14-20)26(34)29(3)25(21)33/h8-10,13-16,27H,4-7,11-12H2,1-3H3,(H,31,32)/p+1. The van der Waals surface area contributed by atoms with Gasteiger partial charge in [-0.15, -0.1) is 0 Å². The molecule has 0 fully saturated rings. The Morgan fingerprint density at radius 3 is 2.12 bits per heavy atom. The fraction of sp³-hybridized carbons (Fsp3) is 0.346. The maximum Gasteiger partial charge on any atom is 0.451 e. The van der Waals surface area contributed by atoms with Crippen molar-refractivity contribution in [1.29, 1.82) is 0 Å². The van der Waals surface area contributed by atoms with Gasteiger partial charge in [0, 0.05) is 5.56 Å². The minimum atomic E-state index is -0.751. The summed E-state index contributed by atoms with van der Waals surface area (Å²) < 4.78 is 1.16. The number of urea groups is 1. The van der Waals surface area contributed by atoms with Crippen molar-refractivity contribution in [3.8, 4) is 5.75 Å². The molecule has 0 spiro atoms. The predicted octanol–water partition coefficient (Wildman–Crippen LogP) is 3.95. The molecule has 2 aromatic carbocycles. The molecular formula is C26H31N4O4+. The Labute approximate surface area is 199 Å². The average Bonchev–Trinajstić information content (AvgIpc) is 2.84. The molecule has 0 radical (unpaired) electrons. The van der Waals surface area contributed by atoms with E-state index in [1.54, 1.807) is 42.5 Å². The summed E-state index contributed by atoms with van der Waals surface area (Å²) in [5.41, 5.74) is 7.99. The van der Waals surface area contributed by atoms with E-state index < -0.39 is 17.8 Å². The molecule has 0 aromatic heterocycles. The predicted molar refractivity (Wildman–Crippen MR) is 131 cm³/mol. The fourth-order valence-electron chi connectivity index (χ4n) is 3.81. The topological polar surface area (TPSA) is 116 Å². The van der Waals surface area contributed by atoms with Crippen LogP contribution in [0.2, 0.25) is 0 Å². The molecule has 3 rings (SSSR count). The number of phenolic OH excluding ortho intramolecular Hbond substituents is 1. The molecule has 2 aromatic rings. The van der Waals surface area contributed by atoms with Gasteiger partial charge in [0.2, 0.25) is 5.71 Å². The van der Waals surface area contributed by atoms with Crippen LogP contribution in [0.25, 0.3) is 0 Å². The van der Waals surface area contributed by atoms with Crippen LogP contribution in [-0.4, -0.2) is 51.0 Å². The number of hydrogen-bond acceptors (Lipinski definition) is 5. The first-order valence-electron chi connectivity index (χ1n) is 11.6. The van der Waals surface area contributed by atoms with Crippen LogP contribution in [0.1, 0.15) is 61.0 Å². The number of imide groups is 1. The lowest BCUT2D eigenvalue weighted by molar-refractivity contribution is -0.342. The third-order valence-corrected chi connectivity index (χ3v) is 5.81. The third-order valence-electron chi connectivity index (χ3n) is 5.81. The molecule has 4 amide bonds. The van der Waals surface area contributed by atoms with Gasteiger partial charge in [-0.3, -0.25) is 4.79 Å². The Kier molecular flexibility index (Phi) is 7.94. The van der Waals surface area contributed by atoms with Gasteiger partial charge < -0.3 is 10.8 Å². The molecular weight excluding hydrogens is 432 g/mol. The van der Waals surface area contributed by atoms with Gasteiger partial charge in [-0.05, 0) is 61.1 Å². The molecule has 34 heavy (non-hydrogen) atoms. The summed E-state index contributed by atoms with van der Waals surface area (Å²) in [4.78, 5) is 43.7. The van der Waals surface area contributed by atoms with E-state index in [1.165, 1.54) is 7.05 Å². The van der Waals surface area contributed by atoms with E-state index in [9.17, 15) is 19.5 Å². The van der Waals surface area contributed by atoms with Crippen molar-refractivity contribution in [2.45, 2.75) is 52.4 Å². The quantitative estimate of drug-likeness (QED) is 0.575. The number of phenols is 1. The third kappa shape index (κ3) is 5.06. The summed E-state index contributed by atoms with van der Waals surface area (Å²) in [6.45, 7) is 4.11. The Bertz CT molecular complexity index is 1140. The zero-order valence-electron chi connectivity index (χ0n) is 19.9. The number of nitrogens with zero attached hydrogens (tertiary/aromatic N) is 3. The summed E-state index contributed by atoms with van der Waals surface area (Å²) >= 11 is 0. The van der Waals surface area contributed by atoms with Crippen LogP contribution in [0.3, 0.4) is 0 Å². The first-order chi connectivity index (χ1) is 16.3. The van der Waals surface area contributed by atoms with Crippen LogP contribution in [0, 0.1) is 0 Å². The van der Waals surface area contributed by atoms with E-state index in [4.69, 9.17) is 5.73 Å². The highest BCUT2D eigenvalue weighted by Gasteiger charge is 2.42. The van der Waals surface area contributed by atoms with E-state index in [0.717, 1.165) is 35.2 Å². The number of carbonyl (C=O) groups excluding carboxylic acids is 3. The molecule has 8 heteroatoms. The second kappa shape index (κ2) is 10.9. The average molecular weight is 464 g/mol. The highest BCUT2D eigenvalue weighted by molar-refractivity contribution is 6.68. The molecule has 1 aliphatic rings. The second-order valence-electron chi connectivity index (χ2n) is 8.32. The number of benzene rings is 2. The molecule has 1 heterocycles. The lowest BCUT2D eigenvalue weighted by Crippen LogP contribution is -2.55. The van der Waals surface area contributed by atoms with E-state index in [1.807, 2.05) is 0 Å². The maximum absolute atomic E-state index is 13.2. The lowest BCUT2D eigenvalue weighted by atomic mass is 9.96. The Morgan fingerprint density at radius 2 is 1.59 bits per heavy atom. The number of amidine groups is 1. The highest BCUT2D eigenvalue weighted by Crippen LogP contribution is 2.28. The SMILES string of the molecule is CCCCc1cc(C(=O)N=C2C(=O)N(C)C(=O)[N+](c3ccccc3)=C2N)cc(CCCC)c1O. The second-order valence-corrected chi connectivity index (χ2v) is 8.32. The summed E-state index contributed by atoms with van der Waals surface area (Å²) in [6.07, 6.45) is 4.88. The Morgan fingerprint density at radius 1 is 1.03 bits per heavy atom. The first-order valence-corrected chi connectivity index (χ1v) is 11.6. The van der Waals surface area contributed by atoms with Crippen molar-refractivity contribution in [3.05, 3.63) is 59.2 Å². The van der Waals surface area contributed by atoms with Crippen molar-refractivity contribution in [2.75, 3.05) is 7.05 Å². The molecule has 8 nitrogen and oxygen atoms in total. The molecule has 0 saturated carbocycles. The summed E-state index contributed by atoms with van der Waals surface area (Å²) in [7, 11) is 1.32. The monoisotopic (exact) mass is 463 g/mol. The van der Waals surface area contributed by atoms with Gasteiger partial charge in [0.15, 0.2) is 0 Å². The number of carbonyl (C=O) groups is 3. The molecule has 3 N–H and O–H groups in total. The van der Waals surface area contributed by atoms with Crippen molar-refractivity contribution in [2.24, 2.45) is 10.7 Å². The molecule has 0 saturated heterocycles. The van der Waals surface area contributed by atoms with Gasteiger partial charge in [-0.2, -0.15) is 14.5 Å². The zero-order valence-corrected chi connectivity index (χ0v) is 19.9. The van der Waals surface area contributed by atoms with E-state index >= 15 is 0 Å². The van der Waals surface area contributed by atoms with E-state index in [0.29, 0.717) is 29.7 Å². The minimum Gasteiger partial charge on any atom is -0.507 e. The Hall–Kier alpha value is -3.81. The largest absolute Gasteiger partial charge is 0.507 e. The van der Waals surface area contributed by atoms with Gasteiger partial charge in [-0.25, -0.2) is 9.59 Å². The minimum absolute atomic E-state index is 0.205.